The molecule has 1 saturated heterocycles. The highest BCUT2D eigenvalue weighted by Gasteiger charge is 2.35. The molecule has 24 heavy (non-hydrogen) atoms. The van der Waals surface area contributed by atoms with Gasteiger partial charge in [0.05, 0.1) is 0 Å². The molecule has 1 N–H and O–H groups in total. The highest BCUT2D eigenvalue weighted by Crippen LogP contribution is 2.15. The van der Waals surface area contributed by atoms with Crippen molar-refractivity contribution < 1.29 is 23.9 Å². The monoisotopic (exact) mass is 353 g/mol. The van der Waals surface area contributed by atoms with Crippen molar-refractivity contribution in [3.8, 4) is 0 Å². The summed E-state index contributed by atoms with van der Waals surface area (Å²) in [5.74, 6) is -1.89. The molecule has 0 aromatic heterocycles. The molecular weight excluding hydrogens is 338 g/mol. The van der Waals surface area contributed by atoms with Crippen LogP contribution in [0.3, 0.4) is 0 Å². The first-order valence-corrected chi connectivity index (χ1v) is 7.47. The Kier molecular flexibility index (Phi) is 5.40. The average Bonchev–Trinajstić information content (AvgIpc) is 2.73. The molecule has 1 aromatic carbocycles. The molecule has 1 aliphatic rings. The first kappa shape index (κ1) is 17.7. The van der Waals surface area contributed by atoms with Gasteiger partial charge in [-0.25, -0.2) is 4.79 Å². The summed E-state index contributed by atoms with van der Waals surface area (Å²) in [5.41, 5.74) is 0.460. The van der Waals surface area contributed by atoms with Gasteiger partial charge in [-0.2, -0.15) is 0 Å². The van der Waals surface area contributed by atoms with E-state index < -0.39 is 36.5 Å². The van der Waals surface area contributed by atoms with Crippen LogP contribution in [0.4, 0.5) is 10.5 Å². The lowest BCUT2D eigenvalue weighted by Gasteiger charge is -2.16. The average molecular weight is 354 g/mol. The maximum atomic E-state index is 12.0. The number of likely N-dealkylation sites (N-methyl/N-ethyl adjacent to an activating group) is 1. The Morgan fingerprint density at radius 3 is 2.67 bits per heavy atom. The van der Waals surface area contributed by atoms with Crippen molar-refractivity contribution in [3.05, 3.63) is 29.3 Å². The van der Waals surface area contributed by atoms with E-state index in [2.05, 4.69) is 5.32 Å². The fraction of sp³-hybridized carbons (Fsp3) is 0.333. The van der Waals surface area contributed by atoms with Gasteiger partial charge in [-0.3, -0.25) is 19.3 Å². The van der Waals surface area contributed by atoms with Gasteiger partial charge in [0.25, 0.3) is 11.8 Å². The lowest BCUT2D eigenvalue weighted by Crippen LogP contribution is -2.39. The molecule has 0 aliphatic carbocycles. The minimum absolute atomic E-state index is 0.0864. The third-order valence-electron chi connectivity index (χ3n) is 3.29. The van der Waals surface area contributed by atoms with Gasteiger partial charge in [0.2, 0.25) is 0 Å². The minimum Gasteiger partial charge on any atom is -0.451 e. The molecule has 4 amide bonds. The Morgan fingerprint density at radius 1 is 1.38 bits per heavy atom. The second-order valence-electron chi connectivity index (χ2n) is 5.25. The zero-order valence-corrected chi connectivity index (χ0v) is 13.9. The number of rotatable bonds is 5. The summed E-state index contributed by atoms with van der Waals surface area (Å²) in [6, 6.07) is 5.92. The molecule has 0 radical (unpaired) electrons. The number of hydrogen-bond donors (Lipinski definition) is 1. The molecule has 9 heteroatoms. The van der Waals surface area contributed by atoms with Crippen LogP contribution < -0.4 is 5.32 Å². The SMILES string of the molecule is C[C@H](OC(=O)CN1C(=O)CN(C)C1=O)C(=O)Nc1cccc(Cl)c1. The molecule has 2 rings (SSSR count). The van der Waals surface area contributed by atoms with Crippen molar-refractivity contribution in [3.63, 3.8) is 0 Å². The second-order valence-corrected chi connectivity index (χ2v) is 5.69. The summed E-state index contributed by atoms with van der Waals surface area (Å²) >= 11 is 5.82. The van der Waals surface area contributed by atoms with Crippen molar-refractivity contribution >= 4 is 41.1 Å². The molecular formula is C15H16ClN3O5. The van der Waals surface area contributed by atoms with Crippen molar-refractivity contribution in [2.45, 2.75) is 13.0 Å². The van der Waals surface area contributed by atoms with Gasteiger partial charge in [0, 0.05) is 17.8 Å². The standard InChI is InChI=1S/C15H16ClN3O5/c1-9(14(22)17-11-5-3-4-10(16)6-11)24-13(21)8-19-12(20)7-18(2)15(19)23/h3-6,9H,7-8H2,1-2H3,(H,17,22)/t9-/m0/s1. The third-order valence-corrected chi connectivity index (χ3v) is 3.52. The Bertz CT molecular complexity index is 693. The number of amides is 4. The maximum Gasteiger partial charge on any atom is 0.327 e. The lowest BCUT2D eigenvalue weighted by molar-refractivity contribution is -0.154. The number of hydrogen-bond acceptors (Lipinski definition) is 5. The first-order valence-electron chi connectivity index (χ1n) is 7.09. The van der Waals surface area contributed by atoms with Crippen LogP contribution in [-0.4, -0.2) is 59.9 Å². The number of imide groups is 1. The highest BCUT2D eigenvalue weighted by molar-refractivity contribution is 6.30. The van der Waals surface area contributed by atoms with Crippen LogP contribution in [0.15, 0.2) is 24.3 Å². The summed E-state index contributed by atoms with van der Waals surface area (Å²) in [7, 11) is 1.45. The van der Waals surface area contributed by atoms with Gasteiger partial charge in [-0.1, -0.05) is 17.7 Å². The summed E-state index contributed by atoms with van der Waals surface area (Å²) in [6.45, 7) is 0.769. The van der Waals surface area contributed by atoms with Crippen LogP contribution >= 0.6 is 11.6 Å². The summed E-state index contributed by atoms with van der Waals surface area (Å²) in [6.07, 6.45) is -1.10. The van der Waals surface area contributed by atoms with Crippen molar-refractivity contribution in [1.82, 2.24) is 9.80 Å². The van der Waals surface area contributed by atoms with Gasteiger partial charge >= 0.3 is 12.0 Å². The lowest BCUT2D eigenvalue weighted by atomic mass is 10.3. The summed E-state index contributed by atoms with van der Waals surface area (Å²) in [5, 5.41) is 3.00. The number of ether oxygens (including phenoxy) is 1. The van der Waals surface area contributed by atoms with E-state index in [1.165, 1.54) is 18.9 Å². The Balaban J connectivity index is 1.88. The van der Waals surface area contributed by atoms with Crippen LogP contribution in [0.2, 0.25) is 5.02 Å². The molecule has 1 atom stereocenters. The Labute approximate surface area is 143 Å². The normalized spacial score (nSPS) is 15.5. The fourth-order valence-electron chi connectivity index (χ4n) is 2.05. The van der Waals surface area contributed by atoms with Crippen molar-refractivity contribution in [2.75, 3.05) is 25.5 Å². The number of carbonyl (C=O) groups is 4. The van der Waals surface area contributed by atoms with E-state index in [4.69, 9.17) is 16.3 Å². The van der Waals surface area contributed by atoms with Crippen LogP contribution in [-0.2, 0) is 19.1 Å². The van der Waals surface area contributed by atoms with Crippen LogP contribution in [0, 0.1) is 0 Å². The number of carbonyl (C=O) groups excluding carboxylic acids is 4. The molecule has 0 bridgehead atoms. The van der Waals surface area contributed by atoms with Crippen LogP contribution in [0.1, 0.15) is 6.92 Å². The number of anilines is 1. The smallest absolute Gasteiger partial charge is 0.327 e. The number of esters is 1. The maximum absolute atomic E-state index is 12.0. The van der Waals surface area contributed by atoms with Crippen molar-refractivity contribution in [2.24, 2.45) is 0 Å². The summed E-state index contributed by atoms with van der Waals surface area (Å²) in [4.78, 5) is 49.1. The van der Waals surface area contributed by atoms with E-state index in [1.54, 1.807) is 24.3 Å². The van der Waals surface area contributed by atoms with E-state index in [-0.39, 0.29) is 6.54 Å². The molecule has 0 saturated carbocycles. The third kappa shape index (κ3) is 4.23. The highest BCUT2D eigenvalue weighted by atomic mass is 35.5. The van der Waals surface area contributed by atoms with Gasteiger partial charge in [0.15, 0.2) is 6.10 Å². The van der Waals surface area contributed by atoms with Gasteiger partial charge < -0.3 is 15.0 Å². The minimum atomic E-state index is -1.10. The number of halogens is 1. The van der Waals surface area contributed by atoms with Crippen molar-refractivity contribution in [1.29, 1.82) is 0 Å². The number of urea groups is 1. The second kappa shape index (κ2) is 7.31. The van der Waals surface area contributed by atoms with E-state index in [1.807, 2.05) is 0 Å². The van der Waals surface area contributed by atoms with Gasteiger partial charge in [-0.05, 0) is 25.1 Å². The van der Waals surface area contributed by atoms with Gasteiger partial charge in [-0.15, -0.1) is 0 Å². The Hall–Kier alpha value is -2.61. The largest absolute Gasteiger partial charge is 0.451 e. The first-order chi connectivity index (χ1) is 11.3. The fourth-order valence-corrected chi connectivity index (χ4v) is 2.24. The predicted molar refractivity (Wildman–Crippen MR) is 85.4 cm³/mol. The zero-order valence-electron chi connectivity index (χ0n) is 13.1. The van der Waals surface area contributed by atoms with E-state index in [0.29, 0.717) is 10.7 Å². The number of nitrogens with zero attached hydrogens (tertiary/aromatic N) is 2. The molecule has 1 heterocycles. The quantitative estimate of drug-likeness (QED) is 0.631. The molecule has 8 nitrogen and oxygen atoms in total. The molecule has 1 aliphatic heterocycles. The van der Waals surface area contributed by atoms with Gasteiger partial charge in [0.1, 0.15) is 13.1 Å². The summed E-state index contributed by atoms with van der Waals surface area (Å²) < 4.78 is 4.96. The van der Waals surface area contributed by atoms with E-state index in [0.717, 1.165) is 4.90 Å². The van der Waals surface area contributed by atoms with E-state index >= 15 is 0 Å². The molecule has 0 spiro atoms. The molecule has 128 valence electrons. The predicted octanol–water partition coefficient (Wildman–Crippen LogP) is 1.10. The van der Waals surface area contributed by atoms with Crippen LogP contribution in [0.5, 0.6) is 0 Å². The molecule has 0 unspecified atom stereocenters. The molecule has 1 aromatic rings. The number of nitrogens with one attached hydrogen (secondary N) is 1. The molecule has 1 fully saturated rings. The number of benzene rings is 1. The topological polar surface area (TPSA) is 96.0 Å². The van der Waals surface area contributed by atoms with Crippen LogP contribution in [0.25, 0.3) is 0 Å². The Morgan fingerprint density at radius 2 is 2.08 bits per heavy atom. The zero-order chi connectivity index (χ0) is 17.9. The van der Waals surface area contributed by atoms with E-state index in [9.17, 15) is 19.2 Å².